The van der Waals surface area contributed by atoms with Gasteiger partial charge in [-0.15, -0.1) is 0 Å². The molecule has 1 aromatic rings. The molecule has 0 spiro atoms. The van der Waals surface area contributed by atoms with Crippen LogP contribution in [0.25, 0.3) is 0 Å². The van der Waals surface area contributed by atoms with Gasteiger partial charge in [0.2, 0.25) is 5.91 Å². The topological polar surface area (TPSA) is 71.4 Å². The number of aromatic nitrogens is 1. The van der Waals surface area contributed by atoms with E-state index in [1.165, 1.54) is 16.8 Å². The number of rotatable bonds is 7. The van der Waals surface area contributed by atoms with E-state index in [2.05, 4.69) is 5.32 Å². The molecular weight excluding hydrogens is 318 g/mol. The number of hydrogen-bond donors (Lipinski definition) is 1. The molecule has 0 aliphatic carbocycles. The van der Waals surface area contributed by atoms with Gasteiger partial charge in [-0.05, 0) is 24.3 Å². The second-order valence-corrected chi connectivity index (χ2v) is 7.64. The summed E-state index contributed by atoms with van der Waals surface area (Å²) in [5, 5.41) is 2.66. The van der Waals surface area contributed by atoms with Crippen LogP contribution in [-0.2, 0) is 11.8 Å². The molecule has 140 valence electrons. The molecule has 0 aliphatic heterocycles. The van der Waals surface area contributed by atoms with Crippen molar-refractivity contribution in [1.29, 1.82) is 0 Å². The standard InChI is InChI=1S/C19H31N3O3/c1-7-9-22(10-8-2)17(24)14-11-15(18(25)21(6)13-14)20-16(23)12-19(3,4)5/h11,13H,7-10,12H2,1-6H3,(H,20,23). The van der Waals surface area contributed by atoms with Gasteiger partial charge < -0.3 is 14.8 Å². The maximum Gasteiger partial charge on any atom is 0.274 e. The minimum Gasteiger partial charge on any atom is -0.339 e. The minimum atomic E-state index is -0.323. The highest BCUT2D eigenvalue weighted by Gasteiger charge is 2.20. The lowest BCUT2D eigenvalue weighted by Crippen LogP contribution is -2.34. The Labute approximate surface area is 150 Å². The predicted octanol–water partition coefficient (Wildman–Crippen LogP) is 3.02. The van der Waals surface area contributed by atoms with E-state index in [1.54, 1.807) is 11.9 Å². The Balaban J connectivity index is 3.12. The average molecular weight is 349 g/mol. The van der Waals surface area contributed by atoms with E-state index in [0.717, 1.165) is 12.8 Å². The van der Waals surface area contributed by atoms with Crippen molar-refractivity contribution in [2.24, 2.45) is 12.5 Å². The van der Waals surface area contributed by atoms with Crippen molar-refractivity contribution < 1.29 is 9.59 Å². The molecule has 1 N–H and O–H groups in total. The van der Waals surface area contributed by atoms with Gasteiger partial charge in [-0.3, -0.25) is 14.4 Å². The Kier molecular flexibility index (Phi) is 7.39. The van der Waals surface area contributed by atoms with Gasteiger partial charge in [0.25, 0.3) is 11.5 Å². The van der Waals surface area contributed by atoms with Crippen molar-refractivity contribution in [3.8, 4) is 0 Å². The summed E-state index contributed by atoms with van der Waals surface area (Å²) in [6.45, 7) is 11.3. The summed E-state index contributed by atoms with van der Waals surface area (Å²) >= 11 is 0. The fourth-order valence-electron chi connectivity index (χ4n) is 2.63. The lowest BCUT2D eigenvalue weighted by atomic mass is 9.92. The molecule has 0 radical (unpaired) electrons. The molecule has 25 heavy (non-hydrogen) atoms. The van der Waals surface area contributed by atoms with Gasteiger partial charge in [0, 0.05) is 32.8 Å². The summed E-state index contributed by atoms with van der Waals surface area (Å²) in [6.07, 6.45) is 3.56. The Hall–Kier alpha value is -2.11. The first-order valence-electron chi connectivity index (χ1n) is 8.88. The maximum atomic E-state index is 12.8. The fraction of sp³-hybridized carbons (Fsp3) is 0.632. The van der Waals surface area contributed by atoms with Crippen LogP contribution < -0.4 is 10.9 Å². The summed E-state index contributed by atoms with van der Waals surface area (Å²) in [4.78, 5) is 39.0. The quantitative estimate of drug-likeness (QED) is 0.822. The molecule has 0 bridgehead atoms. The number of pyridine rings is 1. The Bertz CT molecular complexity index is 665. The number of nitrogens with one attached hydrogen (secondary N) is 1. The van der Waals surface area contributed by atoms with Crippen molar-refractivity contribution in [1.82, 2.24) is 9.47 Å². The van der Waals surface area contributed by atoms with Gasteiger partial charge in [-0.2, -0.15) is 0 Å². The summed E-state index contributed by atoms with van der Waals surface area (Å²) in [7, 11) is 1.59. The Morgan fingerprint density at radius 1 is 1.16 bits per heavy atom. The van der Waals surface area contributed by atoms with E-state index in [0.29, 0.717) is 25.1 Å². The van der Waals surface area contributed by atoms with Gasteiger partial charge >= 0.3 is 0 Å². The van der Waals surface area contributed by atoms with E-state index in [1.807, 2.05) is 34.6 Å². The lowest BCUT2D eigenvalue weighted by Gasteiger charge is -2.22. The largest absolute Gasteiger partial charge is 0.339 e. The van der Waals surface area contributed by atoms with Crippen LogP contribution in [0.4, 0.5) is 5.69 Å². The molecule has 1 aromatic heterocycles. The first kappa shape index (κ1) is 20.9. The Morgan fingerprint density at radius 3 is 2.20 bits per heavy atom. The van der Waals surface area contributed by atoms with Gasteiger partial charge in [0.05, 0.1) is 5.56 Å². The predicted molar refractivity (Wildman–Crippen MR) is 101 cm³/mol. The smallest absolute Gasteiger partial charge is 0.274 e. The zero-order chi connectivity index (χ0) is 19.2. The third-order valence-electron chi connectivity index (χ3n) is 3.67. The summed E-state index contributed by atoms with van der Waals surface area (Å²) in [6, 6.07) is 1.49. The molecule has 6 nitrogen and oxygen atoms in total. The van der Waals surface area contributed by atoms with Crippen molar-refractivity contribution in [3.63, 3.8) is 0 Å². The van der Waals surface area contributed by atoms with Crippen molar-refractivity contribution in [2.45, 2.75) is 53.9 Å². The van der Waals surface area contributed by atoms with Crippen molar-refractivity contribution in [3.05, 3.63) is 28.2 Å². The molecule has 0 aliphatic rings. The normalized spacial score (nSPS) is 11.3. The molecule has 1 rings (SSSR count). The lowest BCUT2D eigenvalue weighted by molar-refractivity contribution is -0.117. The molecular formula is C19H31N3O3. The van der Waals surface area contributed by atoms with Crippen LogP contribution in [0.1, 0.15) is 64.2 Å². The van der Waals surface area contributed by atoms with E-state index in [-0.39, 0.29) is 28.5 Å². The summed E-state index contributed by atoms with van der Waals surface area (Å²) in [5.41, 5.74) is 0.0591. The van der Waals surface area contributed by atoms with Crippen LogP contribution >= 0.6 is 0 Å². The van der Waals surface area contributed by atoms with Crippen LogP contribution in [-0.4, -0.2) is 34.4 Å². The number of carbonyl (C=O) groups excluding carboxylic acids is 2. The molecule has 0 unspecified atom stereocenters. The van der Waals surface area contributed by atoms with Gasteiger partial charge in [-0.1, -0.05) is 34.6 Å². The van der Waals surface area contributed by atoms with E-state index >= 15 is 0 Å². The number of aryl methyl sites for hydroxylation is 1. The zero-order valence-electron chi connectivity index (χ0n) is 16.3. The molecule has 0 saturated heterocycles. The highest BCUT2D eigenvalue weighted by atomic mass is 16.2. The number of nitrogens with zero attached hydrogens (tertiary/aromatic N) is 2. The van der Waals surface area contributed by atoms with Crippen LogP contribution in [0.15, 0.2) is 17.1 Å². The first-order chi connectivity index (χ1) is 11.6. The Morgan fingerprint density at radius 2 is 1.72 bits per heavy atom. The molecule has 0 aromatic carbocycles. The monoisotopic (exact) mass is 349 g/mol. The van der Waals surface area contributed by atoms with Crippen LogP contribution in [0.5, 0.6) is 0 Å². The molecule has 0 atom stereocenters. The third kappa shape index (κ3) is 6.36. The molecule has 6 heteroatoms. The average Bonchev–Trinajstić information content (AvgIpc) is 2.48. The fourth-order valence-corrected chi connectivity index (χ4v) is 2.63. The van der Waals surface area contributed by atoms with Crippen molar-refractivity contribution in [2.75, 3.05) is 18.4 Å². The SMILES string of the molecule is CCCN(CCC)C(=O)c1cc(NC(=O)CC(C)(C)C)c(=O)n(C)c1. The first-order valence-corrected chi connectivity index (χ1v) is 8.88. The summed E-state index contributed by atoms with van der Waals surface area (Å²) < 4.78 is 1.34. The molecule has 0 saturated carbocycles. The molecule has 0 fully saturated rings. The summed E-state index contributed by atoms with van der Waals surface area (Å²) in [5.74, 6) is -0.348. The van der Waals surface area contributed by atoms with E-state index in [9.17, 15) is 14.4 Å². The van der Waals surface area contributed by atoms with Crippen LogP contribution in [0.3, 0.4) is 0 Å². The number of anilines is 1. The van der Waals surface area contributed by atoms with E-state index in [4.69, 9.17) is 0 Å². The van der Waals surface area contributed by atoms with E-state index < -0.39 is 0 Å². The number of amides is 2. The van der Waals surface area contributed by atoms with Gasteiger partial charge in [-0.25, -0.2) is 0 Å². The molecule has 2 amide bonds. The second-order valence-electron chi connectivity index (χ2n) is 7.64. The van der Waals surface area contributed by atoms with Gasteiger partial charge in [0.1, 0.15) is 5.69 Å². The van der Waals surface area contributed by atoms with Crippen LogP contribution in [0, 0.1) is 5.41 Å². The van der Waals surface area contributed by atoms with Crippen molar-refractivity contribution >= 4 is 17.5 Å². The zero-order valence-corrected chi connectivity index (χ0v) is 16.3. The van der Waals surface area contributed by atoms with Crippen LogP contribution in [0.2, 0.25) is 0 Å². The second kappa shape index (κ2) is 8.83. The van der Waals surface area contributed by atoms with Gasteiger partial charge in [0.15, 0.2) is 0 Å². The third-order valence-corrected chi connectivity index (χ3v) is 3.67. The number of hydrogen-bond acceptors (Lipinski definition) is 3. The number of carbonyl (C=O) groups is 2. The highest BCUT2D eigenvalue weighted by molar-refractivity contribution is 5.96. The molecule has 1 heterocycles. The maximum absolute atomic E-state index is 12.8. The minimum absolute atomic E-state index is 0.120. The highest BCUT2D eigenvalue weighted by Crippen LogP contribution is 2.19.